The summed E-state index contributed by atoms with van der Waals surface area (Å²) in [6.45, 7) is 0. The lowest BCUT2D eigenvalue weighted by atomic mass is 10.1. The van der Waals surface area contributed by atoms with Crippen molar-refractivity contribution in [2.75, 3.05) is 4.90 Å². The molecule has 1 aliphatic rings. The molecule has 1 fully saturated rings. The minimum atomic E-state index is -0.841. The molecule has 0 aliphatic carbocycles. The van der Waals surface area contributed by atoms with Crippen LogP contribution in [0.3, 0.4) is 0 Å². The maximum Gasteiger partial charge on any atom is 0.335 e. The molecule has 1 aromatic heterocycles. The summed E-state index contributed by atoms with van der Waals surface area (Å²) in [4.78, 5) is 45.4. The number of ether oxygens (including phenoxy) is 1. The van der Waals surface area contributed by atoms with Gasteiger partial charge in [-0.1, -0.05) is 30.3 Å². The van der Waals surface area contributed by atoms with Crippen LogP contribution >= 0.6 is 11.6 Å². The molecule has 1 N–H and O–H groups in total. The Morgan fingerprint density at radius 3 is 2.61 bits per heavy atom. The fourth-order valence-electron chi connectivity index (χ4n) is 2.82. The first kappa shape index (κ1) is 20.2. The van der Waals surface area contributed by atoms with Crippen molar-refractivity contribution in [3.8, 4) is 11.6 Å². The van der Waals surface area contributed by atoms with Crippen molar-refractivity contribution >= 4 is 41.2 Å². The van der Waals surface area contributed by atoms with Crippen molar-refractivity contribution in [2.45, 2.75) is 0 Å². The number of benzene rings is 2. The molecule has 31 heavy (non-hydrogen) atoms. The van der Waals surface area contributed by atoms with E-state index in [0.29, 0.717) is 11.3 Å². The van der Waals surface area contributed by atoms with E-state index in [2.05, 4.69) is 15.3 Å². The minimum Gasteiger partial charge on any atom is -0.436 e. The molecule has 4 amide bonds. The van der Waals surface area contributed by atoms with Crippen molar-refractivity contribution in [1.82, 2.24) is 15.3 Å². The van der Waals surface area contributed by atoms with E-state index in [-0.39, 0.29) is 22.5 Å². The van der Waals surface area contributed by atoms with Gasteiger partial charge in [0.05, 0.1) is 11.9 Å². The zero-order valence-corrected chi connectivity index (χ0v) is 16.3. The largest absolute Gasteiger partial charge is 0.436 e. The van der Waals surface area contributed by atoms with Gasteiger partial charge in [-0.15, -0.1) is 0 Å². The monoisotopic (exact) mass is 438 g/mol. The normalized spacial score (nSPS) is 15.2. The van der Waals surface area contributed by atoms with E-state index < -0.39 is 23.7 Å². The Bertz CT molecular complexity index is 1230. The van der Waals surface area contributed by atoms with Gasteiger partial charge in [0.15, 0.2) is 0 Å². The number of para-hydroxylation sites is 1. The van der Waals surface area contributed by atoms with Crippen LogP contribution < -0.4 is 15.0 Å². The van der Waals surface area contributed by atoms with Crippen LogP contribution in [0, 0.1) is 5.82 Å². The number of nitrogens with zero attached hydrogens (tertiary/aromatic N) is 3. The van der Waals surface area contributed by atoms with Crippen molar-refractivity contribution in [1.29, 1.82) is 0 Å². The number of carbonyl (C=O) groups is 3. The van der Waals surface area contributed by atoms with Gasteiger partial charge in [-0.25, -0.2) is 14.7 Å². The van der Waals surface area contributed by atoms with Crippen molar-refractivity contribution in [2.24, 2.45) is 0 Å². The van der Waals surface area contributed by atoms with Crippen LogP contribution in [-0.2, 0) is 9.59 Å². The molecule has 1 aliphatic heterocycles. The average molecular weight is 439 g/mol. The number of halogens is 2. The highest BCUT2D eigenvalue weighted by Crippen LogP contribution is 2.26. The highest BCUT2D eigenvalue weighted by molar-refractivity contribution is 6.39. The first-order valence-electron chi connectivity index (χ1n) is 8.85. The Labute approximate surface area is 179 Å². The lowest BCUT2D eigenvalue weighted by Gasteiger charge is -2.26. The maximum atomic E-state index is 13.8. The fraction of sp³-hybridized carbons (Fsp3) is 0. The highest BCUT2D eigenvalue weighted by atomic mass is 35.5. The zero-order valence-electron chi connectivity index (χ0n) is 15.6. The lowest BCUT2D eigenvalue weighted by molar-refractivity contribution is -0.122. The molecule has 0 spiro atoms. The van der Waals surface area contributed by atoms with Crippen LogP contribution in [-0.4, -0.2) is 27.8 Å². The number of amides is 4. The van der Waals surface area contributed by atoms with Gasteiger partial charge in [0, 0.05) is 0 Å². The highest BCUT2D eigenvalue weighted by Gasteiger charge is 2.36. The summed E-state index contributed by atoms with van der Waals surface area (Å²) in [5.74, 6) is -2.62. The van der Waals surface area contributed by atoms with E-state index >= 15 is 0 Å². The van der Waals surface area contributed by atoms with E-state index in [9.17, 15) is 18.8 Å². The molecule has 0 saturated carbocycles. The van der Waals surface area contributed by atoms with Crippen LogP contribution in [0.25, 0.3) is 6.08 Å². The Morgan fingerprint density at radius 1 is 1.06 bits per heavy atom. The molecule has 1 saturated heterocycles. The third-order valence-electron chi connectivity index (χ3n) is 4.18. The van der Waals surface area contributed by atoms with Gasteiger partial charge < -0.3 is 4.74 Å². The van der Waals surface area contributed by atoms with E-state index in [4.69, 9.17) is 16.3 Å². The summed E-state index contributed by atoms with van der Waals surface area (Å²) in [6, 6.07) is 13.5. The van der Waals surface area contributed by atoms with Gasteiger partial charge in [-0.2, -0.15) is 9.37 Å². The lowest BCUT2D eigenvalue weighted by Crippen LogP contribution is -2.54. The Morgan fingerprint density at radius 2 is 1.84 bits per heavy atom. The van der Waals surface area contributed by atoms with E-state index in [1.807, 2.05) is 0 Å². The quantitative estimate of drug-likeness (QED) is 0.378. The predicted octanol–water partition coefficient (Wildman–Crippen LogP) is 3.73. The van der Waals surface area contributed by atoms with E-state index in [1.165, 1.54) is 18.2 Å². The molecule has 2 heterocycles. The molecule has 154 valence electrons. The summed E-state index contributed by atoms with van der Waals surface area (Å²) in [5.41, 5.74) is 0.465. The first-order valence-corrected chi connectivity index (χ1v) is 9.22. The first-order chi connectivity index (χ1) is 14.9. The van der Waals surface area contributed by atoms with E-state index in [1.54, 1.807) is 42.5 Å². The zero-order chi connectivity index (χ0) is 22.0. The molecule has 0 atom stereocenters. The summed E-state index contributed by atoms with van der Waals surface area (Å²) in [5, 5.41) is 1.95. The molecule has 2 aromatic carbocycles. The predicted molar refractivity (Wildman–Crippen MR) is 109 cm³/mol. The van der Waals surface area contributed by atoms with Gasteiger partial charge in [0.25, 0.3) is 17.7 Å². The van der Waals surface area contributed by atoms with Crippen LogP contribution in [0.15, 0.2) is 66.4 Å². The second kappa shape index (κ2) is 8.33. The molecule has 3 aromatic rings. The Balaban J connectivity index is 1.65. The molecule has 8 nitrogen and oxygen atoms in total. The number of imide groups is 2. The van der Waals surface area contributed by atoms with Gasteiger partial charge in [0.2, 0.25) is 11.1 Å². The van der Waals surface area contributed by atoms with Gasteiger partial charge in [-0.3, -0.25) is 14.9 Å². The van der Waals surface area contributed by atoms with Gasteiger partial charge in [-0.05, 0) is 47.5 Å². The van der Waals surface area contributed by atoms with Gasteiger partial charge >= 0.3 is 6.03 Å². The number of barbiturate groups is 1. The molecule has 4 rings (SSSR count). The molecule has 10 heteroatoms. The SMILES string of the molecule is O=C1NC(=O)N(c2ccccc2)C(=O)/C1=C/c1cccc(Oc2nc(Cl)ncc2F)c1. The minimum absolute atomic E-state index is 0.183. The molecular formula is C21H12ClFN4O4. The summed E-state index contributed by atoms with van der Waals surface area (Å²) < 4.78 is 19.2. The smallest absolute Gasteiger partial charge is 0.335 e. The number of anilines is 1. The van der Waals surface area contributed by atoms with Crippen molar-refractivity contribution < 1.29 is 23.5 Å². The number of nitrogens with one attached hydrogen (secondary N) is 1. The molecule has 0 bridgehead atoms. The third-order valence-corrected chi connectivity index (χ3v) is 4.36. The van der Waals surface area contributed by atoms with Crippen LogP contribution in [0.2, 0.25) is 5.28 Å². The summed E-state index contributed by atoms with van der Waals surface area (Å²) in [7, 11) is 0. The van der Waals surface area contributed by atoms with Crippen LogP contribution in [0.1, 0.15) is 5.56 Å². The standard InChI is InChI=1S/C21H12ClFN4O4/c22-20-24-11-16(23)18(26-20)31-14-8-4-5-12(9-14)10-15-17(28)25-21(30)27(19(15)29)13-6-2-1-3-7-13/h1-11H,(H,25,28,30)/b15-10+. The van der Waals surface area contributed by atoms with Gasteiger partial charge in [0.1, 0.15) is 11.3 Å². The fourth-order valence-corrected chi connectivity index (χ4v) is 2.94. The maximum absolute atomic E-state index is 13.8. The van der Waals surface area contributed by atoms with Crippen LogP contribution in [0.4, 0.5) is 14.9 Å². The van der Waals surface area contributed by atoms with E-state index in [0.717, 1.165) is 11.1 Å². The number of hydrogen-bond acceptors (Lipinski definition) is 6. The molecule has 0 unspecified atom stereocenters. The summed E-state index contributed by atoms with van der Waals surface area (Å²) >= 11 is 5.66. The molecule has 0 radical (unpaired) electrons. The number of carbonyl (C=O) groups excluding carboxylic acids is 3. The second-order valence-electron chi connectivity index (χ2n) is 6.26. The number of aromatic nitrogens is 2. The van der Waals surface area contributed by atoms with Crippen molar-refractivity contribution in [3.63, 3.8) is 0 Å². The topological polar surface area (TPSA) is 101 Å². The number of hydrogen-bond donors (Lipinski definition) is 1. The molecular weight excluding hydrogens is 427 g/mol. The van der Waals surface area contributed by atoms with Crippen molar-refractivity contribution in [3.05, 3.63) is 83.0 Å². The number of urea groups is 1. The number of rotatable bonds is 4. The summed E-state index contributed by atoms with van der Waals surface area (Å²) in [6.07, 6.45) is 2.17. The average Bonchev–Trinajstić information content (AvgIpc) is 2.75. The Hall–Kier alpha value is -4.11. The third kappa shape index (κ3) is 4.26. The Kier molecular flexibility index (Phi) is 5.42. The van der Waals surface area contributed by atoms with Crippen LogP contribution in [0.5, 0.6) is 11.6 Å². The second-order valence-corrected chi connectivity index (χ2v) is 6.60.